The molecule has 5 heteroatoms. The zero-order valence-electron chi connectivity index (χ0n) is 10.5. The van der Waals surface area contributed by atoms with Gasteiger partial charge in [-0.15, -0.1) is 0 Å². The third-order valence-electron chi connectivity index (χ3n) is 3.03. The van der Waals surface area contributed by atoms with Crippen molar-refractivity contribution in [2.24, 2.45) is 0 Å². The van der Waals surface area contributed by atoms with E-state index in [9.17, 15) is 4.79 Å². The van der Waals surface area contributed by atoms with Crippen LogP contribution in [0.2, 0.25) is 0 Å². The van der Waals surface area contributed by atoms with Gasteiger partial charge in [0.2, 0.25) is 0 Å². The predicted molar refractivity (Wildman–Crippen MR) is 74.1 cm³/mol. The Kier molecular flexibility index (Phi) is 2.98. The molecule has 96 valence electrons. The molecule has 2 heterocycles. The van der Waals surface area contributed by atoms with Crippen molar-refractivity contribution in [3.05, 3.63) is 70.4 Å². The molecule has 0 saturated heterocycles. The maximum absolute atomic E-state index is 12.3. The molecule has 0 saturated carbocycles. The minimum atomic E-state index is -0.118. The number of aromatic nitrogens is 3. The fraction of sp³-hybridized carbons (Fsp3) is 0.0667. The molecule has 0 fully saturated rings. The van der Waals surface area contributed by atoms with Crippen LogP contribution in [0.1, 0.15) is 11.1 Å². The summed E-state index contributed by atoms with van der Waals surface area (Å²) in [6.45, 7) is 0.419. The van der Waals surface area contributed by atoms with Crippen molar-refractivity contribution >= 4 is 11.0 Å². The van der Waals surface area contributed by atoms with E-state index < -0.39 is 0 Å². The lowest BCUT2D eigenvalue weighted by molar-refractivity contribution is 0.747. The lowest BCUT2D eigenvalue weighted by Crippen LogP contribution is -2.21. The summed E-state index contributed by atoms with van der Waals surface area (Å²) in [5.74, 6) is 0. The average Bonchev–Trinajstić information content (AvgIpc) is 2.51. The summed E-state index contributed by atoms with van der Waals surface area (Å²) in [5.41, 5.74) is 1.87. The molecule has 0 atom stereocenters. The quantitative estimate of drug-likeness (QED) is 0.704. The molecule has 1 aromatic carbocycles. The zero-order chi connectivity index (χ0) is 13.9. The monoisotopic (exact) mass is 262 g/mol. The van der Waals surface area contributed by atoms with Crippen molar-refractivity contribution in [2.45, 2.75) is 6.54 Å². The molecule has 5 nitrogen and oxygen atoms in total. The van der Waals surface area contributed by atoms with E-state index in [0.29, 0.717) is 23.1 Å². The third kappa shape index (κ3) is 2.15. The van der Waals surface area contributed by atoms with Gasteiger partial charge in [-0.2, -0.15) is 5.26 Å². The second-order valence-electron chi connectivity index (χ2n) is 4.36. The van der Waals surface area contributed by atoms with Gasteiger partial charge in [-0.05, 0) is 29.8 Å². The highest BCUT2D eigenvalue weighted by Gasteiger charge is 2.04. The van der Waals surface area contributed by atoms with Crippen LogP contribution in [0.5, 0.6) is 0 Å². The maximum Gasteiger partial charge on any atom is 0.263 e. The molecule has 0 N–H and O–H groups in total. The van der Waals surface area contributed by atoms with Gasteiger partial charge in [0.25, 0.3) is 5.56 Å². The number of pyridine rings is 1. The standard InChI is InChI=1S/C15H10N4O/c16-8-11-3-5-12(6-4-11)9-19-10-18-14-13(15(19)20)2-1-7-17-14/h1-7,10H,9H2. The average molecular weight is 262 g/mol. The van der Waals surface area contributed by atoms with Crippen molar-refractivity contribution in [1.29, 1.82) is 5.26 Å². The van der Waals surface area contributed by atoms with Crippen molar-refractivity contribution in [3.63, 3.8) is 0 Å². The van der Waals surface area contributed by atoms with E-state index >= 15 is 0 Å². The summed E-state index contributed by atoms with van der Waals surface area (Å²) < 4.78 is 1.53. The van der Waals surface area contributed by atoms with Gasteiger partial charge in [0.15, 0.2) is 5.65 Å². The SMILES string of the molecule is N#Cc1ccc(Cn2cnc3ncccc3c2=O)cc1. The molecule has 0 aliphatic heterocycles. The highest BCUT2D eigenvalue weighted by atomic mass is 16.1. The van der Waals surface area contributed by atoms with E-state index in [1.807, 2.05) is 12.1 Å². The molecular weight excluding hydrogens is 252 g/mol. The number of nitriles is 1. The normalized spacial score (nSPS) is 10.3. The molecule has 3 rings (SSSR count). The molecule has 0 spiro atoms. The van der Waals surface area contributed by atoms with Crippen LogP contribution >= 0.6 is 0 Å². The zero-order valence-corrected chi connectivity index (χ0v) is 10.5. The van der Waals surface area contributed by atoms with Crippen LogP contribution in [0.15, 0.2) is 53.7 Å². The second-order valence-corrected chi connectivity index (χ2v) is 4.36. The number of hydrogen-bond acceptors (Lipinski definition) is 4. The first-order valence-corrected chi connectivity index (χ1v) is 6.07. The number of benzene rings is 1. The van der Waals surface area contributed by atoms with Crippen LogP contribution in [-0.2, 0) is 6.54 Å². The molecule has 0 bridgehead atoms. The summed E-state index contributed by atoms with van der Waals surface area (Å²) >= 11 is 0. The second kappa shape index (κ2) is 4.94. The topological polar surface area (TPSA) is 71.6 Å². The van der Waals surface area contributed by atoms with Crippen LogP contribution < -0.4 is 5.56 Å². The van der Waals surface area contributed by atoms with Crippen LogP contribution in [0, 0.1) is 11.3 Å². The Bertz CT molecular complexity index is 859. The smallest absolute Gasteiger partial charge is 0.263 e. The van der Waals surface area contributed by atoms with E-state index in [-0.39, 0.29) is 5.56 Å². The Morgan fingerprint density at radius 2 is 1.95 bits per heavy atom. The van der Waals surface area contributed by atoms with Gasteiger partial charge in [-0.25, -0.2) is 9.97 Å². The Labute approximate surface area is 114 Å². The van der Waals surface area contributed by atoms with Crippen molar-refractivity contribution in [3.8, 4) is 6.07 Å². The van der Waals surface area contributed by atoms with Crippen molar-refractivity contribution < 1.29 is 0 Å². The fourth-order valence-corrected chi connectivity index (χ4v) is 1.99. The first-order valence-electron chi connectivity index (χ1n) is 6.07. The highest BCUT2D eigenvalue weighted by molar-refractivity contribution is 5.72. The fourth-order valence-electron chi connectivity index (χ4n) is 1.99. The van der Waals surface area contributed by atoms with Gasteiger partial charge >= 0.3 is 0 Å². The number of fused-ring (bicyclic) bond motifs is 1. The van der Waals surface area contributed by atoms with E-state index in [0.717, 1.165) is 5.56 Å². The lowest BCUT2D eigenvalue weighted by atomic mass is 10.1. The van der Waals surface area contributed by atoms with Crippen LogP contribution in [-0.4, -0.2) is 14.5 Å². The van der Waals surface area contributed by atoms with Gasteiger partial charge < -0.3 is 0 Å². The first kappa shape index (κ1) is 12.1. The molecule has 0 aliphatic carbocycles. The summed E-state index contributed by atoms with van der Waals surface area (Å²) in [5, 5.41) is 9.26. The van der Waals surface area contributed by atoms with E-state index in [1.165, 1.54) is 10.9 Å². The summed E-state index contributed by atoms with van der Waals surface area (Å²) in [4.78, 5) is 20.5. The highest BCUT2D eigenvalue weighted by Crippen LogP contribution is 2.06. The molecule has 3 aromatic rings. The molecule has 0 aliphatic rings. The van der Waals surface area contributed by atoms with E-state index in [2.05, 4.69) is 16.0 Å². The van der Waals surface area contributed by atoms with Crippen LogP contribution in [0.3, 0.4) is 0 Å². The van der Waals surface area contributed by atoms with E-state index in [4.69, 9.17) is 5.26 Å². The van der Waals surface area contributed by atoms with E-state index in [1.54, 1.807) is 30.5 Å². The Morgan fingerprint density at radius 1 is 1.15 bits per heavy atom. The third-order valence-corrected chi connectivity index (χ3v) is 3.03. The minimum absolute atomic E-state index is 0.118. The Hall–Kier alpha value is -3.00. The Balaban J connectivity index is 2.00. The molecule has 0 amide bonds. The van der Waals surface area contributed by atoms with Gasteiger partial charge in [0.1, 0.15) is 6.33 Å². The van der Waals surface area contributed by atoms with Gasteiger partial charge in [0.05, 0.1) is 23.6 Å². The summed E-state index contributed by atoms with van der Waals surface area (Å²) in [6.07, 6.45) is 3.11. The van der Waals surface area contributed by atoms with Crippen molar-refractivity contribution in [1.82, 2.24) is 14.5 Å². The van der Waals surface area contributed by atoms with Crippen molar-refractivity contribution in [2.75, 3.05) is 0 Å². The van der Waals surface area contributed by atoms with Gasteiger partial charge in [-0.3, -0.25) is 9.36 Å². The predicted octanol–water partition coefficient (Wildman–Crippen LogP) is 1.71. The van der Waals surface area contributed by atoms with Gasteiger partial charge in [0, 0.05) is 6.20 Å². The van der Waals surface area contributed by atoms with Crippen LogP contribution in [0.25, 0.3) is 11.0 Å². The summed E-state index contributed by atoms with van der Waals surface area (Å²) in [7, 11) is 0. The molecule has 2 aromatic heterocycles. The largest absolute Gasteiger partial charge is 0.294 e. The first-order chi connectivity index (χ1) is 9.78. The molecule has 0 unspecified atom stereocenters. The minimum Gasteiger partial charge on any atom is -0.294 e. The maximum atomic E-state index is 12.3. The number of nitrogens with zero attached hydrogens (tertiary/aromatic N) is 4. The lowest BCUT2D eigenvalue weighted by Gasteiger charge is -2.06. The van der Waals surface area contributed by atoms with Crippen LogP contribution in [0.4, 0.5) is 0 Å². The van der Waals surface area contributed by atoms with Gasteiger partial charge in [-0.1, -0.05) is 12.1 Å². The number of rotatable bonds is 2. The number of hydrogen-bond donors (Lipinski definition) is 0. The molecular formula is C15H10N4O. The Morgan fingerprint density at radius 3 is 2.70 bits per heavy atom. The molecule has 0 radical (unpaired) electrons. The summed E-state index contributed by atoms with van der Waals surface area (Å²) in [6, 6.07) is 12.6. The molecule has 20 heavy (non-hydrogen) atoms.